The molecule has 3 nitrogen and oxygen atoms in total. The summed E-state index contributed by atoms with van der Waals surface area (Å²) in [7, 11) is 0. The Morgan fingerprint density at radius 2 is 1.05 bits per heavy atom. The maximum absolute atomic E-state index is 11.9. The number of rotatable bonds is 3. The van der Waals surface area contributed by atoms with Crippen molar-refractivity contribution >= 4 is 24.4 Å². The summed E-state index contributed by atoms with van der Waals surface area (Å²) in [5.41, 5.74) is 2.25. The van der Waals surface area contributed by atoms with Gasteiger partial charge in [0, 0.05) is 35.8 Å². The number of carbonyl (C=O) groups excluding carboxylic acids is 3. The molecule has 0 aromatic heterocycles. The Morgan fingerprint density at radius 3 is 1.20 bits per heavy atom. The van der Waals surface area contributed by atoms with Crippen LogP contribution in [0.4, 0.5) is 0 Å². The Morgan fingerprint density at radius 1 is 0.750 bits per heavy atom. The number of allylic oxidation sites excluding steroid dienone is 2. The average molecular weight is 341 g/mol. The fourth-order valence-corrected chi connectivity index (χ4v) is 9.44. The van der Waals surface area contributed by atoms with E-state index >= 15 is 0 Å². The topological polar surface area (TPSA) is 51.2 Å². The minimum absolute atomic E-state index is 0. The Kier molecular flexibility index (Phi) is 7.51. The summed E-state index contributed by atoms with van der Waals surface area (Å²) in [5.74, 6) is 3.48. The van der Waals surface area contributed by atoms with Gasteiger partial charge in [0.15, 0.2) is 0 Å². The molecule has 0 spiro atoms. The van der Waals surface area contributed by atoms with Crippen molar-refractivity contribution < 1.29 is 31.2 Å². The van der Waals surface area contributed by atoms with Crippen molar-refractivity contribution in [3.05, 3.63) is 12.2 Å². The molecular formula is C15H23CoO3P. The molecule has 0 aromatic carbocycles. The zero-order valence-electron chi connectivity index (χ0n) is 13.2. The summed E-state index contributed by atoms with van der Waals surface area (Å²) in [6, 6.07) is 0. The summed E-state index contributed by atoms with van der Waals surface area (Å²) in [6.07, 6.45) is 2.54. The molecule has 5 heteroatoms. The van der Waals surface area contributed by atoms with Crippen LogP contribution >= 0.6 is 6.89 Å². The first kappa shape index (κ1) is 21.7. The van der Waals surface area contributed by atoms with Crippen LogP contribution in [-0.4, -0.2) is 33.0 Å². The van der Waals surface area contributed by atoms with Crippen molar-refractivity contribution in [1.29, 1.82) is 0 Å². The average Bonchev–Trinajstić information content (AvgIpc) is 2.14. The van der Waals surface area contributed by atoms with Gasteiger partial charge in [0.05, 0.1) is 5.16 Å². The molecule has 20 heavy (non-hydrogen) atoms. The summed E-state index contributed by atoms with van der Waals surface area (Å²) in [4.78, 5) is 33.7. The molecule has 0 bridgehead atoms. The summed E-state index contributed by atoms with van der Waals surface area (Å²) in [5, 5.41) is -1.78. The monoisotopic (exact) mass is 341 g/mol. The predicted octanol–water partition coefficient (Wildman–Crippen LogP) is 3.20. The van der Waals surface area contributed by atoms with E-state index in [1.165, 1.54) is 12.2 Å². The van der Waals surface area contributed by atoms with Crippen LogP contribution in [0.1, 0.15) is 48.5 Å². The first-order chi connectivity index (χ1) is 8.43. The molecule has 0 saturated carbocycles. The Hall–Kier alpha value is -0.584. The first-order valence-corrected chi connectivity index (χ1v) is 7.95. The van der Waals surface area contributed by atoms with Gasteiger partial charge in [-0.25, -0.2) is 14.4 Å². The van der Waals surface area contributed by atoms with E-state index in [0.717, 1.165) is 0 Å². The van der Waals surface area contributed by atoms with Crippen LogP contribution in [0, 0.1) is 0 Å². The molecule has 0 aliphatic carbocycles. The van der Waals surface area contributed by atoms with Crippen LogP contribution in [0.2, 0.25) is 0 Å². The summed E-state index contributed by atoms with van der Waals surface area (Å²) in [6.45, 7) is 10.9. The van der Waals surface area contributed by atoms with Gasteiger partial charge in [-0.2, -0.15) is 0 Å². The molecule has 0 N–H and O–H groups in total. The van der Waals surface area contributed by atoms with Crippen molar-refractivity contribution in [1.82, 2.24) is 0 Å². The zero-order valence-corrected chi connectivity index (χ0v) is 15.1. The molecule has 0 aromatic rings. The van der Waals surface area contributed by atoms with Gasteiger partial charge >= 0.3 is 0 Å². The van der Waals surface area contributed by atoms with Crippen molar-refractivity contribution in [2.45, 2.75) is 63.9 Å². The molecule has 0 fully saturated rings. The molecule has 0 unspecified atom stereocenters. The van der Waals surface area contributed by atoms with E-state index in [1.807, 2.05) is 41.5 Å². The van der Waals surface area contributed by atoms with Gasteiger partial charge in [-0.15, -0.1) is 0 Å². The number of hydrogen-bond donors (Lipinski definition) is 0. The van der Waals surface area contributed by atoms with Crippen molar-refractivity contribution in [2.75, 3.05) is 0 Å². The molecule has 0 aliphatic heterocycles. The smallest absolute Gasteiger partial charge is 0.121 e. The molecule has 0 amide bonds. The SMILES string of the molecule is CC(C)(C)P(=C=O)(C(C)(C)C)C(C)(C=C=O)C=C=O.[Co]. The van der Waals surface area contributed by atoms with Crippen LogP contribution in [0.25, 0.3) is 0 Å². The van der Waals surface area contributed by atoms with E-state index in [9.17, 15) is 14.4 Å². The van der Waals surface area contributed by atoms with Gasteiger partial charge in [-0.3, -0.25) is 0 Å². The standard InChI is InChI=1S/C15H23O3P.Co/c1-13(2,3)19(12-18,14(4,5)6)15(7,8-10-16)9-11-17;/h8-9H,1-7H3;. The van der Waals surface area contributed by atoms with Crippen molar-refractivity contribution in [2.24, 2.45) is 0 Å². The van der Waals surface area contributed by atoms with Gasteiger partial charge in [0.2, 0.25) is 0 Å². The van der Waals surface area contributed by atoms with Crippen LogP contribution in [-0.2, 0) is 31.2 Å². The summed E-state index contributed by atoms with van der Waals surface area (Å²) < 4.78 is 0. The van der Waals surface area contributed by atoms with E-state index in [1.54, 1.807) is 18.8 Å². The molecule has 0 saturated heterocycles. The van der Waals surface area contributed by atoms with Crippen LogP contribution in [0.3, 0.4) is 0 Å². The molecule has 0 heterocycles. The first-order valence-electron chi connectivity index (χ1n) is 6.16. The molecule has 0 aliphatic rings. The van der Waals surface area contributed by atoms with E-state index in [2.05, 4.69) is 5.66 Å². The Labute approximate surface area is 132 Å². The van der Waals surface area contributed by atoms with Crippen molar-refractivity contribution in [3.63, 3.8) is 0 Å². The van der Waals surface area contributed by atoms with Crippen molar-refractivity contribution in [3.8, 4) is 0 Å². The second-order valence-electron chi connectivity index (χ2n) is 6.85. The third-order valence-corrected chi connectivity index (χ3v) is 9.58. The normalized spacial score (nSPS) is 14.8. The fraction of sp³-hybridized carbons (Fsp3) is 0.667. The van der Waals surface area contributed by atoms with E-state index < -0.39 is 22.4 Å². The molecule has 115 valence electrons. The zero-order chi connectivity index (χ0) is 15.5. The molecule has 0 atom stereocenters. The van der Waals surface area contributed by atoms with Crippen LogP contribution < -0.4 is 0 Å². The Balaban J connectivity index is 0. The van der Waals surface area contributed by atoms with Gasteiger partial charge in [-0.05, 0) is 17.2 Å². The van der Waals surface area contributed by atoms with Gasteiger partial charge < -0.3 is 0 Å². The number of hydrogen-bond acceptors (Lipinski definition) is 3. The van der Waals surface area contributed by atoms with E-state index in [-0.39, 0.29) is 16.8 Å². The maximum Gasteiger partial charge on any atom is 0.121 e. The molecule has 0 rings (SSSR count). The maximum atomic E-state index is 11.9. The van der Waals surface area contributed by atoms with E-state index in [0.29, 0.717) is 0 Å². The van der Waals surface area contributed by atoms with Gasteiger partial charge in [0.25, 0.3) is 0 Å². The predicted molar refractivity (Wildman–Crippen MR) is 81.1 cm³/mol. The fourth-order valence-electron chi connectivity index (χ4n) is 3.30. The molecular weight excluding hydrogens is 318 g/mol. The Bertz CT molecular complexity index is 482. The largest absolute Gasteiger partial charge is 0.234 e. The van der Waals surface area contributed by atoms with Gasteiger partial charge in [-0.1, -0.05) is 41.5 Å². The minimum Gasteiger partial charge on any atom is -0.234 e. The molecule has 1 radical (unpaired) electrons. The third kappa shape index (κ3) is 3.35. The summed E-state index contributed by atoms with van der Waals surface area (Å²) >= 11 is 0. The van der Waals surface area contributed by atoms with E-state index in [4.69, 9.17) is 0 Å². The van der Waals surface area contributed by atoms with Gasteiger partial charge in [0.1, 0.15) is 17.5 Å². The second kappa shape index (κ2) is 6.92. The van der Waals surface area contributed by atoms with Crippen LogP contribution in [0.5, 0.6) is 0 Å². The quantitative estimate of drug-likeness (QED) is 0.585. The third-order valence-electron chi connectivity index (χ3n) is 3.57. The second-order valence-corrected chi connectivity index (χ2v) is 12.0. The minimum atomic E-state index is -2.54. The van der Waals surface area contributed by atoms with Crippen LogP contribution in [0.15, 0.2) is 12.2 Å².